The number of unbranched alkanes of at least 4 members (excludes halogenated alkanes) is 4. The van der Waals surface area contributed by atoms with Crippen LogP contribution < -0.4 is 5.32 Å². The van der Waals surface area contributed by atoms with Gasteiger partial charge >= 0.3 is 0 Å². The first-order valence-corrected chi connectivity index (χ1v) is 8.04. The van der Waals surface area contributed by atoms with Crippen LogP contribution in [0, 0.1) is 0 Å². The molecule has 0 heterocycles. The van der Waals surface area contributed by atoms with Crippen molar-refractivity contribution < 1.29 is 5.11 Å². The molecule has 0 aliphatic heterocycles. The van der Waals surface area contributed by atoms with Crippen LogP contribution in [0.3, 0.4) is 0 Å². The zero-order valence-electron chi connectivity index (χ0n) is 13.0. The van der Waals surface area contributed by atoms with Crippen molar-refractivity contribution in [1.82, 2.24) is 5.32 Å². The highest BCUT2D eigenvalue weighted by molar-refractivity contribution is 4.73. The van der Waals surface area contributed by atoms with Gasteiger partial charge in [-0.1, -0.05) is 52.4 Å². The highest BCUT2D eigenvalue weighted by Crippen LogP contribution is 2.12. The van der Waals surface area contributed by atoms with Crippen LogP contribution >= 0.6 is 0 Å². The fraction of sp³-hybridized carbons (Fsp3) is 1.00. The fourth-order valence-corrected chi connectivity index (χ4v) is 2.57. The molecule has 2 heteroatoms. The first-order chi connectivity index (χ1) is 8.60. The number of rotatable bonds is 12. The maximum atomic E-state index is 9.42. The van der Waals surface area contributed by atoms with Crippen molar-refractivity contribution in [1.29, 1.82) is 0 Å². The molecule has 0 fully saturated rings. The van der Waals surface area contributed by atoms with Crippen molar-refractivity contribution in [3.63, 3.8) is 0 Å². The summed E-state index contributed by atoms with van der Waals surface area (Å²) in [6, 6.07) is 1.08. The Kier molecular flexibility index (Phi) is 11.9. The molecule has 0 saturated heterocycles. The molecule has 18 heavy (non-hydrogen) atoms. The lowest BCUT2D eigenvalue weighted by Gasteiger charge is -2.24. The molecule has 0 aliphatic carbocycles. The van der Waals surface area contributed by atoms with Crippen LogP contribution in [0.5, 0.6) is 0 Å². The van der Waals surface area contributed by atoms with E-state index in [1.54, 1.807) is 0 Å². The van der Waals surface area contributed by atoms with Crippen LogP contribution in [0.25, 0.3) is 0 Å². The van der Waals surface area contributed by atoms with E-state index in [-0.39, 0.29) is 6.10 Å². The molecular formula is C16H35NO. The summed E-state index contributed by atoms with van der Waals surface area (Å²) >= 11 is 0. The summed E-state index contributed by atoms with van der Waals surface area (Å²) in [6.45, 7) is 8.59. The predicted molar refractivity (Wildman–Crippen MR) is 81.0 cm³/mol. The fourth-order valence-electron chi connectivity index (χ4n) is 2.57. The van der Waals surface area contributed by atoms with Crippen LogP contribution in [-0.2, 0) is 0 Å². The minimum atomic E-state index is -0.195. The quantitative estimate of drug-likeness (QED) is 0.512. The van der Waals surface area contributed by atoms with Crippen LogP contribution in [0.1, 0.15) is 85.5 Å². The van der Waals surface area contributed by atoms with Gasteiger partial charge in [-0.3, -0.25) is 0 Å². The molecule has 0 aromatic rings. The van der Waals surface area contributed by atoms with E-state index in [1.807, 2.05) is 6.92 Å². The molecule has 2 unspecified atom stereocenters. The maximum Gasteiger partial charge on any atom is 0.0526 e. The van der Waals surface area contributed by atoms with E-state index in [2.05, 4.69) is 26.1 Å². The molecule has 0 aromatic carbocycles. The molecule has 110 valence electrons. The highest BCUT2D eigenvalue weighted by atomic mass is 16.3. The SMILES string of the molecule is CCCCCC(CCCCC)NC(C)CC(C)O. The molecule has 0 amide bonds. The number of nitrogens with one attached hydrogen (secondary N) is 1. The van der Waals surface area contributed by atoms with Gasteiger partial charge in [-0.25, -0.2) is 0 Å². The van der Waals surface area contributed by atoms with Crippen molar-refractivity contribution in [2.24, 2.45) is 0 Å². The molecule has 0 radical (unpaired) electrons. The summed E-state index contributed by atoms with van der Waals surface area (Å²) in [5.74, 6) is 0. The minimum absolute atomic E-state index is 0.195. The third-order valence-corrected chi connectivity index (χ3v) is 3.53. The smallest absolute Gasteiger partial charge is 0.0526 e. The standard InChI is InChI=1S/C16H35NO/c1-5-7-9-11-16(12-10-8-6-2)17-14(3)13-15(4)18/h14-18H,5-13H2,1-4H3. The maximum absolute atomic E-state index is 9.42. The second-order valence-corrected chi connectivity index (χ2v) is 5.84. The van der Waals surface area contributed by atoms with Crippen molar-refractivity contribution in [3.05, 3.63) is 0 Å². The van der Waals surface area contributed by atoms with E-state index in [0.29, 0.717) is 12.1 Å². The van der Waals surface area contributed by atoms with Crippen LogP contribution in [0.15, 0.2) is 0 Å². The average molecular weight is 257 g/mol. The van der Waals surface area contributed by atoms with Crippen molar-refractivity contribution in [2.75, 3.05) is 0 Å². The van der Waals surface area contributed by atoms with Crippen LogP contribution in [0.2, 0.25) is 0 Å². The third-order valence-electron chi connectivity index (χ3n) is 3.53. The van der Waals surface area contributed by atoms with E-state index in [1.165, 1.54) is 51.4 Å². The average Bonchev–Trinajstić information content (AvgIpc) is 2.28. The van der Waals surface area contributed by atoms with E-state index in [4.69, 9.17) is 0 Å². The van der Waals surface area contributed by atoms with Gasteiger partial charge in [-0.05, 0) is 33.1 Å². The Bertz CT molecular complexity index is 160. The monoisotopic (exact) mass is 257 g/mol. The Morgan fingerprint density at radius 1 is 0.889 bits per heavy atom. The van der Waals surface area contributed by atoms with Crippen LogP contribution in [-0.4, -0.2) is 23.3 Å². The Hall–Kier alpha value is -0.0800. The summed E-state index contributed by atoms with van der Waals surface area (Å²) < 4.78 is 0. The Labute approximate surface area is 115 Å². The molecular weight excluding hydrogens is 222 g/mol. The molecule has 2 atom stereocenters. The molecule has 2 N–H and O–H groups in total. The molecule has 2 nitrogen and oxygen atoms in total. The number of aliphatic hydroxyl groups excluding tert-OH is 1. The lowest BCUT2D eigenvalue weighted by atomic mass is 10.0. The Morgan fingerprint density at radius 2 is 1.39 bits per heavy atom. The van der Waals surface area contributed by atoms with E-state index < -0.39 is 0 Å². The lowest BCUT2D eigenvalue weighted by molar-refractivity contribution is 0.166. The van der Waals surface area contributed by atoms with Crippen molar-refractivity contribution >= 4 is 0 Å². The summed E-state index contributed by atoms with van der Waals surface area (Å²) in [6.07, 6.45) is 11.2. The van der Waals surface area contributed by atoms with Crippen molar-refractivity contribution in [2.45, 2.75) is 104 Å². The summed E-state index contributed by atoms with van der Waals surface area (Å²) in [5, 5.41) is 13.1. The molecule has 0 aliphatic rings. The first kappa shape index (κ1) is 17.9. The van der Waals surface area contributed by atoms with Gasteiger partial charge in [0, 0.05) is 12.1 Å². The zero-order valence-corrected chi connectivity index (χ0v) is 13.0. The zero-order chi connectivity index (χ0) is 13.8. The largest absolute Gasteiger partial charge is 0.393 e. The molecule has 0 bridgehead atoms. The topological polar surface area (TPSA) is 32.3 Å². The lowest BCUT2D eigenvalue weighted by Crippen LogP contribution is -2.38. The molecule has 0 aromatic heterocycles. The van der Waals surface area contributed by atoms with Crippen LogP contribution in [0.4, 0.5) is 0 Å². The molecule has 0 spiro atoms. The number of aliphatic hydroxyl groups is 1. The van der Waals surface area contributed by atoms with Crippen molar-refractivity contribution in [3.8, 4) is 0 Å². The second-order valence-electron chi connectivity index (χ2n) is 5.84. The highest BCUT2D eigenvalue weighted by Gasteiger charge is 2.13. The molecule has 0 rings (SSSR count). The predicted octanol–water partition coefficient (Wildman–Crippen LogP) is 4.26. The van der Waals surface area contributed by atoms with Gasteiger partial charge in [0.1, 0.15) is 0 Å². The van der Waals surface area contributed by atoms with E-state index in [0.717, 1.165) is 6.42 Å². The number of hydrogen-bond donors (Lipinski definition) is 2. The summed E-state index contributed by atoms with van der Waals surface area (Å²) in [5.41, 5.74) is 0. The normalized spacial score (nSPS) is 15.0. The summed E-state index contributed by atoms with van der Waals surface area (Å²) in [4.78, 5) is 0. The van der Waals surface area contributed by atoms with Gasteiger partial charge in [-0.15, -0.1) is 0 Å². The van der Waals surface area contributed by atoms with E-state index >= 15 is 0 Å². The first-order valence-electron chi connectivity index (χ1n) is 8.04. The summed E-state index contributed by atoms with van der Waals surface area (Å²) in [7, 11) is 0. The minimum Gasteiger partial charge on any atom is -0.393 e. The second kappa shape index (κ2) is 12.0. The number of hydrogen-bond acceptors (Lipinski definition) is 2. The van der Waals surface area contributed by atoms with Gasteiger partial charge in [0.2, 0.25) is 0 Å². The molecule has 0 saturated carbocycles. The van der Waals surface area contributed by atoms with Gasteiger partial charge in [0.15, 0.2) is 0 Å². The Morgan fingerprint density at radius 3 is 1.78 bits per heavy atom. The Balaban J connectivity index is 3.93. The van der Waals surface area contributed by atoms with Gasteiger partial charge in [0.05, 0.1) is 6.10 Å². The van der Waals surface area contributed by atoms with Gasteiger partial charge in [-0.2, -0.15) is 0 Å². The van der Waals surface area contributed by atoms with Gasteiger partial charge < -0.3 is 10.4 Å². The van der Waals surface area contributed by atoms with E-state index in [9.17, 15) is 5.11 Å². The third kappa shape index (κ3) is 11.0. The van der Waals surface area contributed by atoms with Gasteiger partial charge in [0.25, 0.3) is 0 Å².